The molecule has 6 rings (SSSR count). The van der Waals surface area contributed by atoms with Gasteiger partial charge in [-0.05, 0) is 78.7 Å². The Kier molecular flexibility index (Phi) is 13.8. The summed E-state index contributed by atoms with van der Waals surface area (Å²) < 4.78 is 0. The number of carbonyl (C=O) groups is 4. The van der Waals surface area contributed by atoms with Crippen molar-refractivity contribution in [2.24, 2.45) is 45.1 Å². The minimum atomic E-state index is -0.502. The molecule has 4 aliphatic rings. The van der Waals surface area contributed by atoms with Crippen molar-refractivity contribution in [1.29, 1.82) is 0 Å². The van der Waals surface area contributed by atoms with Crippen LogP contribution in [0.4, 0.5) is 0 Å². The van der Waals surface area contributed by atoms with E-state index in [1.54, 1.807) is 24.3 Å². The van der Waals surface area contributed by atoms with Gasteiger partial charge in [-0.3, -0.25) is 9.59 Å². The molecule has 6 atom stereocenters. The molecule has 2 aromatic rings. The Labute approximate surface area is 320 Å². The van der Waals surface area contributed by atoms with E-state index in [1.165, 1.54) is 0 Å². The number of carbonyl (C=O) groups excluding carboxylic acids is 4. The number of halogens is 2. The molecule has 7 nitrogen and oxygen atoms in total. The van der Waals surface area contributed by atoms with E-state index in [0.29, 0.717) is 29.5 Å². The minimum absolute atomic E-state index is 0. The first-order chi connectivity index (χ1) is 23.9. The van der Waals surface area contributed by atoms with Crippen LogP contribution in [0.25, 0.3) is 9.69 Å². The maximum atomic E-state index is 12.6. The zero-order chi connectivity index (χ0) is 37.8. The van der Waals surface area contributed by atoms with E-state index in [-0.39, 0.29) is 58.2 Å². The second kappa shape index (κ2) is 16.9. The van der Waals surface area contributed by atoms with Crippen LogP contribution in [0, 0.1) is 52.6 Å². The number of nitrogens with two attached hydrogens (primary N) is 1. The van der Waals surface area contributed by atoms with Gasteiger partial charge in [0.05, 0.1) is 13.1 Å². The van der Waals surface area contributed by atoms with Gasteiger partial charge in [-0.2, -0.15) is 0 Å². The van der Waals surface area contributed by atoms with Crippen LogP contribution in [0.5, 0.6) is 0 Å². The van der Waals surface area contributed by atoms with Gasteiger partial charge in [0.1, 0.15) is 0 Å². The van der Waals surface area contributed by atoms with Gasteiger partial charge in [-0.1, -0.05) is 114 Å². The Morgan fingerprint density at radius 2 is 1.13 bits per heavy atom. The number of benzene rings is 2. The van der Waals surface area contributed by atoms with E-state index >= 15 is 0 Å². The average molecular weight is 745 g/mol. The second-order valence-corrected chi connectivity index (χ2v) is 16.7. The van der Waals surface area contributed by atoms with E-state index in [9.17, 15) is 19.2 Å². The molecule has 0 amide bonds. The monoisotopic (exact) mass is 743 g/mol. The SMILES string of the molecule is Cl.O=C(Cl)c1ccccc1.[C-]#[N+]C1=C[C@]2(C)C[C@@H](CC(=O)c3ccccc3)CC[C@H]2C(C)(C)C1=O.[C-]#[N+]C1=C[C@]2(C)C[C@@H](N)CC[C@H]2C(C)(C)C1=O. The highest BCUT2D eigenvalue weighted by atomic mass is 35.5. The van der Waals surface area contributed by atoms with Gasteiger partial charge in [-0.25, -0.2) is 9.69 Å². The molecule has 4 aliphatic carbocycles. The molecule has 2 saturated carbocycles. The lowest BCUT2D eigenvalue weighted by atomic mass is 9.51. The molecular weight excluding hydrogens is 693 g/mol. The van der Waals surface area contributed by atoms with Gasteiger partial charge in [0.2, 0.25) is 11.4 Å². The molecule has 0 aromatic heterocycles. The summed E-state index contributed by atoms with van der Waals surface area (Å²) in [6.07, 6.45) is 9.95. The van der Waals surface area contributed by atoms with Gasteiger partial charge >= 0.3 is 0 Å². The molecule has 2 N–H and O–H groups in total. The average Bonchev–Trinajstić information content (AvgIpc) is 3.09. The molecule has 0 saturated heterocycles. The van der Waals surface area contributed by atoms with Crippen molar-refractivity contribution >= 4 is 46.6 Å². The topological polar surface area (TPSA) is 103 Å². The summed E-state index contributed by atoms with van der Waals surface area (Å²) in [6, 6.07) is 18.4. The van der Waals surface area contributed by atoms with Crippen molar-refractivity contribution in [1.82, 2.24) is 0 Å². The Bertz CT molecular complexity index is 1800. The molecule has 0 unspecified atom stereocenters. The van der Waals surface area contributed by atoms with E-state index < -0.39 is 16.1 Å². The number of hydrogen-bond donors (Lipinski definition) is 1. The van der Waals surface area contributed by atoms with Crippen molar-refractivity contribution in [3.8, 4) is 0 Å². The van der Waals surface area contributed by atoms with Gasteiger partial charge in [0.25, 0.3) is 5.24 Å². The quantitative estimate of drug-likeness (QED) is 0.191. The molecule has 0 heterocycles. The lowest BCUT2D eigenvalue weighted by Gasteiger charge is -2.52. The zero-order valence-electron chi connectivity index (χ0n) is 31.1. The summed E-state index contributed by atoms with van der Waals surface area (Å²) >= 11 is 5.16. The summed E-state index contributed by atoms with van der Waals surface area (Å²) in [5.41, 5.74) is 6.74. The van der Waals surface area contributed by atoms with Crippen LogP contribution >= 0.6 is 24.0 Å². The third-order valence-corrected chi connectivity index (χ3v) is 12.1. The second-order valence-electron chi connectivity index (χ2n) is 16.3. The van der Waals surface area contributed by atoms with Crippen LogP contribution in [0.15, 0.2) is 84.2 Å². The molecule has 0 radical (unpaired) electrons. The molecule has 0 aliphatic heterocycles. The smallest absolute Gasteiger partial charge is 0.252 e. The minimum Gasteiger partial charge on any atom is -0.328 e. The van der Waals surface area contributed by atoms with Gasteiger partial charge in [-0.15, -0.1) is 12.4 Å². The Morgan fingerprint density at radius 3 is 1.56 bits per heavy atom. The highest BCUT2D eigenvalue weighted by molar-refractivity contribution is 6.67. The summed E-state index contributed by atoms with van der Waals surface area (Å²) in [5.74, 6) is 1.03. The fourth-order valence-corrected chi connectivity index (χ4v) is 9.58. The number of ketones is 3. The van der Waals surface area contributed by atoms with Gasteiger partial charge in [0, 0.05) is 34.4 Å². The van der Waals surface area contributed by atoms with Crippen LogP contribution < -0.4 is 5.73 Å². The zero-order valence-corrected chi connectivity index (χ0v) is 32.7. The maximum Gasteiger partial charge on any atom is 0.252 e. The van der Waals surface area contributed by atoms with Crippen molar-refractivity contribution in [3.05, 3.63) is 118 Å². The predicted molar refractivity (Wildman–Crippen MR) is 209 cm³/mol. The standard InChI is InChI=1S/C22H25NO2.C14H20N2O.C7H5ClO.ClH/c1-21(2)19-11-10-15(12-18(24)16-8-6-5-7-9-16)13-22(19,3)14-17(23-4)20(21)25;1-13(2)11-6-5-9(15)7-14(11,3)8-10(16-4)12(13)17;8-7(9)6-4-2-1-3-5-6;/h5-9,14-15,19H,10-13H2,1-3H3;8-9,11H,5-7,15H2,1-3H3;1-5H;1H/t15-,19+,22+;9-,11-,14-;;/m10../s1. The number of allylic oxidation sites excluding steroid dienone is 4. The highest BCUT2D eigenvalue weighted by Gasteiger charge is 2.54. The third kappa shape index (κ3) is 9.00. The number of fused-ring (bicyclic) bond motifs is 2. The molecule has 52 heavy (non-hydrogen) atoms. The number of Topliss-reactive ketones (excluding diaryl/α,β-unsaturated/α-hetero) is 3. The molecular formula is C43H51Cl2N3O4. The Balaban J connectivity index is 0.000000233. The molecule has 2 aromatic carbocycles. The molecule has 2 fully saturated rings. The lowest BCUT2D eigenvalue weighted by molar-refractivity contribution is -0.132. The van der Waals surface area contributed by atoms with Crippen LogP contribution in [0.3, 0.4) is 0 Å². The normalized spacial score (nSPS) is 29.5. The number of nitrogens with zero attached hydrogens (tertiary/aromatic N) is 2. The molecule has 0 spiro atoms. The first-order valence-electron chi connectivity index (χ1n) is 17.8. The van der Waals surface area contributed by atoms with E-state index in [1.807, 2.05) is 76.2 Å². The van der Waals surface area contributed by atoms with Crippen LogP contribution in [-0.4, -0.2) is 28.6 Å². The van der Waals surface area contributed by atoms with Gasteiger partial charge in [0.15, 0.2) is 17.3 Å². The van der Waals surface area contributed by atoms with Crippen LogP contribution in [0.1, 0.15) is 107 Å². The largest absolute Gasteiger partial charge is 0.328 e. The fraction of sp³-hybridized carbons (Fsp3) is 0.488. The molecule has 276 valence electrons. The first-order valence-corrected chi connectivity index (χ1v) is 18.2. The summed E-state index contributed by atoms with van der Waals surface area (Å²) in [7, 11) is 0. The summed E-state index contributed by atoms with van der Waals surface area (Å²) in [6.45, 7) is 26.7. The van der Waals surface area contributed by atoms with Crippen molar-refractivity contribution in [3.63, 3.8) is 0 Å². The number of hydrogen-bond acceptors (Lipinski definition) is 5. The lowest BCUT2D eigenvalue weighted by Crippen LogP contribution is -2.51. The fourth-order valence-electron chi connectivity index (χ4n) is 9.45. The maximum absolute atomic E-state index is 12.6. The third-order valence-electron chi connectivity index (χ3n) is 11.8. The van der Waals surface area contributed by atoms with Crippen molar-refractivity contribution in [2.45, 2.75) is 92.5 Å². The first kappa shape index (κ1) is 42.5. The van der Waals surface area contributed by atoms with Crippen molar-refractivity contribution < 1.29 is 19.2 Å². The molecule has 0 bridgehead atoms. The Hall–Kier alpha value is -3.88. The van der Waals surface area contributed by atoms with Crippen LogP contribution in [0.2, 0.25) is 0 Å². The van der Waals surface area contributed by atoms with E-state index in [4.69, 9.17) is 30.5 Å². The summed E-state index contributed by atoms with van der Waals surface area (Å²) in [4.78, 5) is 54.7. The van der Waals surface area contributed by atoms with Crippen LogP contribution in [-0.2, 0) is 9.59 Å². The van der Waals surface area contributed by atoms with E-state index in [0.717, 1.165) is 44.1 Å². The Morgan fingerprint density at radius 1 is 0.712 bits per heavy atom. The van der Waals surface area contributed by atoms with Crippen molar-refractivity contribution in [2.75, 3.05) is 0 Å². The highest BCUT2D eigenvalue weighted by Crippen LogP contribution is 2.57. The number of rotatable bonds is 4. The summed E-state index contributed by atoms with van der Waals surface area (Å²) in [5, 5.41) is -0.407. The molecule has 9 heteroatoms. The van der Waals surface area contributed by atoms with E-state index in [2.05, 4.69) is 23.5 Å². The van der Waals surface area contributed by atoms with Gasteiger partial charge < -0.3 is 15.3 Å². The predicted octanol–water partition coefficient (Wildman–Crippen LogP) is 10.1.